The molecule has 0 aliphatic rings. The third-order valence-corrected chi connectivity index (χ3v) is 6.47. The molecule has 1 aromatic heterocycles. The molecule has 6 heteroatoms. The Bertz CT molecular complexity index is 1090. The standard InChI is InChI=1S/C24H29N3O2S/c1-5-16(3)18-11-7-9-13-20(18)25-22(28)15-30-24-26-21-14-10-8-12-19(21)23(29)27(24)17(4)6-2/h7-14,16-17H,5-6,15H2,1-4H3,(H,25,28)/t16-,17-/m1/s1. The first kappa shape index (κ1) is 22.1. The van der Waals surface area contributed by atoms with Crippen LogP contribution in [0.3, 0.4) is 0 Å². The van der Waals surface area contributed by atoms with Gasteiger partial charge < -0.3 is 5.32 Å². The first-order valence-electron chi connectivity index (χ1n) is 10.5. The quantitative estimate of drug-likeness (QED) is 0.378. The van der Waals surface area contributed by atoms with Crippen LogP contribution in [0.5, 0.6) is 0 Å². The average molecular weight is 424 g/mol. The number of nitrogens with one attached hydrogen (secondary N) is 1. The van der Waals surface area contributed by atoms with Gasteiger partial charge in [0.15, 0.2) is 5.16 Å². The Kier molecular flexibility index (Phi) is 7.32. The summed E-state index contributed by atoms with van der Waals surface area (Å²) in [6.07, 6.45) is 1.81. The van der Waals surface area contributed by atoms with Crippen LogP contribution in [0.25, 0.3) is 10.9 Å². The highest BCUT2D eigenvalue weighted by Gasteiger charge is 2.17. The van der Waals surface area contributed by atoms with Crippen LogP contribution in [0.15, 0.2) is 58.5 Å². The van der Waals surface area contributed by atoms with E-state index in [4.69, 9.17) is 0 Å². The summed E-state index contributed by atoms with van der Waals surface area (Å²) in [6, 6.07) is 15.3. The molecule has 1 heterocycles. The maximum atomic E-state index is 13.0. The van der Waals surface area contributed by atoms with Gasteiger partial charge in [0.2, 0.25) is 5.91 Å². The van der Waals surface area contributed by atoms with Crippen LogP contribution in [0.4, 0.5) is 5.69 Å². The minimum absolute atomic E-state index is 0.00583. The van der Waals surface area contributed by atoms with E-state index in [1.54, 1.807) is 10.6 Å². The molecule has 0 spiro atoms. The summed E-state index contributed by atoms with van der Waals surface area (Å²) in [4.78, 5) is 30.4. The number of aromatic nitrogens is 2. The molecule has 0 fully saturated rings. The van der Waals surface area contributed by atoms with E-state index in [9.17, 15) is 9.59 Å². The van der Waals surface area contributed by atoms with Gasteiger partial charge in [-0.2, -0.15) is 0 Å². The van der Waals surface area contributed by atoms with Gasteiger partial charge in [-0.15, -0.1) is 0 Å². The third kappa shape index (κ3) is 4.75. The summed E-state index contributed by atoms with van der Waals surface area (Å²) < 4.78 is 1.72. The molecule has 1 amide bonds. The van der Waals surface area contributed by atoms with Gasteiger partial charge in [-0.1, -0.05) is 62.9 Å². The first-order chi connectivity index (χ1) is 14.5. The fourth-order valence-electron chi connectivity index (χ4n) is 3.38. The minimum Gasteiger partial charge on any atom is -0.325 e. The minimum atomic E-state index is -0.103. The molecule has 3 aromatic rings. The molecule has 5 nitrogen and oxygen atoms in total. The lowest BCUT2D eigenvalue weighted by Crippen LogP contribution is -2.26. The SMILES string of the molecule is CC[C@@H](C)c1ccccc1NC(=O)CSc1nc2ccccc2c(=O)n1[C@H](C)CC. The lowest BCUT2D eigenvalue weighted by molar-refractivity contribution is -0.113. The number of hydrogen-bond acceptors (Lipinski definition) is 4. The Labute approximate surface area is 181 Å². The lowest BCUT2D eigenvalue weighted by atomic mass is 9.97. The summed E-state index contributed by atoms with van der Waals surface area (Å²) in [6.45, 7) is 8.34. The van der Waals surface area contributed by atoms with Gasteiger partial charge in [0, 0.05) is 11.7 Å². The van der Waals surface area contributed by atoms with Crippen molar-refractivity contribution in [1.29, 1.82) is 0 Å². The van der Waals surface area contributed by atoms with Crippen LogP contribution >= 0.6 is 11.8 Å². The number of anilines is 1. The Morgan fingerprint density at radius 1 is 1.07 bits per heavy atom. The number of hydrogen-bond donors (Lipinski definition) is 1. The summed E-state index contributed by atoms with van der Waals surface area (Å²) >= 11 is 1.31. The monoisotopic (exact) mass is 423 g/mol. The molecule has 0 saturated carbocycles. The maximum Gasteiger partial charge on any atom is 0.262 e. The predicted octanol–water partition coefficient (Wildman–Crippen LogP) is 5.61. The smallest absolute Gasteiger partial charge is 0.262 e. The van der Waals surface area contributed by atoms with Crippen molar-refractivity contribution in [3.05, 3.63) is 64.4 Å². The van der Waals surface area contributed by atoms with Crippen LogP contribution in [-0.2, 0) is 4.79 Å². The molecule has 0 bridgehead atoms. The second-order valence-corrected chi connectivity index (χ2v) is 8.52. The zero-order valence-electron chi connectivity index (χ0n) is 18.0. The molecule has 158 valence electrons. The van der Waals surface area contributed by atoms with E-state index in [1.165, 1.54) is 11.8 Å². The molecule has 1 N–H and O–H groups in total. The van der Waals surface area contributed by atoms with Crippen molar-refractivity contribution in [3.8, 4) is 0 Å². The fourth-order valence-corrected chi connectivity index (χ4v) is 4.27. The first-order valence-corrected chi connectivity index (χ1v) is 11.5. The second kappa shape index (κ2) is 9.94. The number of rotatable bonds is 8. The zero-order valence-corrected chi connectivity index (χ0v) is 18.8. The number of carbonyl (C=O) groups excluding carboxylic acids is 1. The largest absolute Gasteiger partial charge is 0.325 e. The number of carbonyl (C=O) groups is 1. The van der Waals surface area contributed by atoms with Crippen molar-refractivity contribution < 1.29 is 4.79 Å². The number of thioether (sulfide) groups is 1. The van der Waals surface area contributed by atoms with Crippen molar-refractivity contribution in [2.24, 2.45) is 0 Å². The van der Waals surface area contributed by atoms with Gasteiger partial charge in [-0.25, -0.2) is 4.98 Å². The summed E-state index contributed by atoms with van der Waals surface area (Å²) in [7, 11) is 0. The highest BCUT2D eigenvalue weighted by atomic mass is 32.2. The van der Waals surface area contributed by atoms with Crippen LogP contribution in [0, 0.1) is 0 Å². The van der Waals surface area contributed by atoms with Crippen molar-refractivity contribution in [3.63, 3.8) is 0 Å². The molecular formula is C24H29N3O2S. The number of fused-ring (bicyclic) bond motifs is 1. The van der Waals surface area contributed by atoms with Crippen molar-refractivity contribution >= 4 is 34.3 Å². The summed E-state index contributed by atoms with van der Waals surface area (Å²) in [5, 5.41) is 4.22. The van der Waals surface area contributed by atoms with Crippen LogP contribution in [-0.4, -0.2) is 21.2 Å². The van der Waals surface area contributed by atoms with Crippen LogP contribution in [0.2, 0.25) is 0 Å². The molecule has 30 heavy (non-hydrogen) atoms. The molecule has 0 unspecified atom stereocenters. The van der Waals surface area contributed by atoms with Crippen LogP contribution < -0.4 is 10.9 Å². The highest BCUT2D eigenvalue weighted by molar-refractivity contribution is 7.99. The topological polar surface area (TPSA) is 64.0 Å². The van der Waals surface area contributed by atoms with E-state index >= 15 is 0 Å². The highest BCUT2D eigenvalue weighted by Crippen LogP contribution is 2.27. The van der Waals surface area contributed by atoms with Gasteiger partial charge in [0.05, 0.1) is 16.7 Å². The molecule has 0 aliphatic carbocycles. The average Bonchev–Trinajstić information content (AvgIpc) is 2.77. The van der Waals surface area contributed by atoms with Crippen molar-refractivity contribution in [2.75, 3.05) is 11.1 Å². The van der Waals surface area contributed by atoms with E-state index in [2.05, 4.69) is 30.2 Å². The summed E-state index contributed by atoms with van der Waals surface area (Å²) in [5.74, 6) is 0.455. The van der Waals surface area contributed by atoms with Gasteiger partial charge in [-0.05, 0) is 49.4 Å². The predicted molar refractivity (Wildman–Crippen MR) is 126 cm³/mol. The second-order valence-electron chi connectivity index (χ2n) is 7.58. The van der Waals surface area contributed by atoms with Gasteiger partial charge in [0.1, 0.15) is 0 Å². The van der Waals surface area contributed by atoms with Crippen molar-refractivity contribution in [1.82, 2.24) is 9.55 Å². The van der Waals surface area contributed by atoms with Crippen LogP contribution in [0.1, 0.15) is 58.1 Å². The number of amides is 1. The van der Waals surface area contributed by atoms with Gasteiger partial charge >= 0.3 is 0 Å². The van der Waals surface area contributed by atoms with E-state index < -0.39 is 0 Å². The summed E-state index contributed by atoms with van der Waals surface area (Å²) in [5.41, 5.74) is 2.59. The normalized spacial score (nSPS) is 13.2. The molecule has 0 saturated heterocycles. The molecule has 3 rings (SSSR count). The number of para-hydroxylation sites is 2. The molecule has 0 aliphatic heterocycles. The molecular weight excluding hydrogens is 394 g/mol. The van der Waals surface area contributed by atoms with E-state index in [0.717, 1.165) is 24.1 Å². The van der Waals surface area contributed by atoms with E-state index in [-0.39, 0.29) is 23.3 Å². The maximum absolute atomic E-state index is 13.0. The number of benzene rings is 2. The Morgan fingerprint density at radius 3 is 2.50 bits per heavy atom. The van der Waals surface area contributed by atoms with Gasteiger partial charge in [0.25, 0.3) is 5.56 Å². The van der Waals surface area contributed by atoms with E-state index in [1.807, 2.05) is 50.2 Å². The lowest BCUT2D eigenvalue weighted by Gasteiger charge is -2.18. The Balaban J connectivity index is 1.84. The molecule has 0 radical (unpaired) electrons. The third-order valence-electron chi connectivity index (χ3n) is 5.52. The Morgan fingerprint density at radius 2 is 1.77 bits per heavy atom. The zero-order chi connectivity index (χ0) is 21.7. The van der Waals surface area contributed by atoms with Gasteiger partial charge in [-0.3, -0.25) is 14.2 Å². The molecule has 2 atom stereocenters. The number of nitrogens with zero attached hydrogens (tertiary/aromatic N) is 2. The van der Waals surface area contributed by atoms with Crippen molar-refractivity contribution in [2.45, 2.75) is 57.7 Å². The fraction of sp³-hybridized carbons (Fsp3) is 0.375. The van der Waals surface area contributed by atoms with E-state index in [0.29, 0.717) is 22.0 Å². The Hall–Kier alpha value is -2.60. The molecule has 2 aromatic carbocycles.